The molecule has 0 atom stereocenters. The lowest BCUT2D eigenvalue weighted by molar-refractivity contribution is -0.119. The average Bonchev–Trinajstić information content (AvgIpc) is 2.69. The summed E-state index contributed by atoms with van der Waals surface area (Å²) >= 11 is 0. The summed E-state index contributed by atoms with van der Waals surface area (Å²) in [6.07, 6.45) is 6.36. The monoisotopic (exact) mass is 236 g/mol. The second kappa shape index (κ2) is 8.95. The first-order chi connectivity index (χ1) is 6.83. The van der Waals surface area contributed by atoms with Crippen molar-refractivity contribution in [2.75, 3.05) is 19.7 Å². The first-order valence-electron chi connectivity index (χ1n) is 5.41. The lowest BCUT2D eigenvalue weighted by Gasteiger charge is -2.10. The molecule has 0 aromatic rings. The van der Waals surface area contributed by atoms with Crippen LogP contribution in [0.15, 0.2) is 0 Å². The zero-order valence-corrected chi connectivity index (χ0v) is 9.85. The molecule has 0 radical (unpaired) electrons. The van der Waals surface area contributed by atoms with E-state index in [2.05, 4.69) is 5.32 Å². The molecule has 0 heterocycles. The number of nitrogens with one attached hydrogen (secondary N) is 1. The van der Waals surface area contributed by atoms with Crippen LogP contribution in [0.1, 0.15) is 32.1 Å². The Morgan fingerprint density at radius 3 is 2.67 bits per heavy atom. The van der Waals surface area contributed by atoms with E-state index in [0.717, 1.165) is 13.0 Å². The standard InChI is InChI=1S/C10H20N2O2.ClH/c11-8-10(13)12-6-3-7-14-9-4-1-2-5-9;/h9H,1-8,11H2,(H,12,13);1H. The van der Waals surface area contributed by atoms with E-state index in [-0.39, 0.29) is 24.9 Å². The lowest BCUT2D eigenvalue weighted by Crippen LogP contribution is -2.31. The van der Waals surface area contributed by atoms with Crippen molar-refractivity contribution in [2.45, 2.75) is 38.2 Å². The van der Waals surface area contributed by atoms with Crippen LogP contribution in [-0.2, 0) is 9.53 Å². The number of hydrogen-bond acceptors (Lipinski definition) is 3. The zero-order valence-electron chi connectivity index (χ0n) is 9.04. The summed E-state index contributed by atoms with van der Waals surface area (Å²) in [5.74, 6) is -0.0918. The molecule has 5 heteroatoms. The van der Waals surface area contributed by atoms with Crippen LogP contribution in [0, 0.1) is 0 Å². The predicted octanol–water partition coefficient (Wildman–Crippen LogP) is 0.832. The van der Waals surface area contributed by atoms with Gasteiger partial charge in [-0.25, -0.2) is 0 Å². The minimum absolute atomic E-state index is 0. The number of amides is 1. The number of nitrogens with two attached hydrogens (primary N) is 1. The molecule has 1 amide bonds. The van der Waals surface area contributed by atoms with Crippen LogP contribution in [-0.4, -0.2) is 31.7 Å². The molecule has 1 aliphatic rings. The van der Waals surface area contributed by atoms with E-state index in [1.54, 1.807) is 0 Å². The van der Waals surface area contributed by atoms with Crippen molar-refractivity contribution < 1.29 is 9.53 Å². The molecule has 1 rings (SSSR count). The van der Waals surface area contributed by atoms with Gasteiger partial charge in [0.1, 0.15) is 0 Å². The highest BCUT2D eigenvalue weighted by Crippen LogP contribution is 2.20. The molecular weight excluding hydrogens is 216 g/mol. The molecule has 0 aromatic carbocycles. The molecule has 1 fully saturated rings. The third-order valence-electron chi connectivity index (χ3n) is 2.48. The van der Waals surface area contributed by atoms with Gasteiger partial charge in [0, 0.05) is 13.2 Å². The van der Waals surface area contributed by atoms with E-state index in [9.17, 15) is 4.79 Å². The van der Waals surface area contributed by atoms with E-state index in [1.807, 2.05) is 0 Å². The van der Waals surface area contributed by atoms with Crippen molar-refractivity contribution in [3.63, 3.8) is 0 Å². The molecule has 90 valence electrons. The highest BCUT2D eigenvalue weighted by atomic mass is 35.5. The van der Waals surface area contributed by atoms with Gasteiger partial charge in [0.15, 0.2) is 0 Å². The number of rotatable bonds is 6. The first kappa shape index (κ1) is 14.7. The highest BCUT2D eigenvalue weighted by molar-refractivity contribution is 5.85. The second-order valence-corrected chi connectivity index (χ2v) is 3.68. The van der Waals surface area contributed by atoms with Crippen LogP contribution in [0.25, 0.3) is 0 Å². The van der Waals surface area contributed by atoms with Crippen LogP contribution < -0.4 is 11.1 Å². The molecule has 0 bridgehead atoms. The molecular formula is C10H21ClN2O2. The van der Waals surface area contributed by atoms with Crippen LogP contribution in [0.3, 0.4) is 0 Å². The van der Waals surface area contributed by atoms with Gasteiger partial charge in [0.05, 0.1) is 12.6 Å². The van der Waals surface area contributed by atoms with Gasteiger partial charge in [0.2, 0.25) is 5.91 Å². The fourth-order valence-corrected chi connectivity index (χ4v) is 1.68. The topological polar surface area (TPSA) is 64.4 Å². The molecule has 4 nitrogen and oxygen atoms in total. The Hall–Kier alpha value is -0.320. The zero-order chi connectivity index (χ0) is 10.2. The molecule has 3 N–H and O–H groups in total. The molecule has 1 aliphatic carbocycles. The molecule has 0 aromatic heterocycles. The second-order valence-electron chi connectivity index (χ2n) is 3.68. The minimum atomic E-state index is -0.0918. The summed E-state index contributed by atoms with van der Waals surface area (Å²) in [6.45, 7) is 1.49. The van der Waals surface area contributed by atoms with E-state index in [0.29, 0.717) is 12.6 Å². The van der Waals surface area contributed by atoms with E-state index < -0.39 is 0 Å². The van der Waals surface area contributed by atoms with Crippen molar-refractivity contribution in [3.8, 4) is 0 Å². The van der Waals surface area contributed by atoms with Crippen LogP contribution in [0.5, 0.6) is 0 Å². The maximum Gasteiger partial charge on any atom is 0.233 e. The summed E-state index contributed by atoms with van der Waals surface area (Å²) in [7, 11) is 0. The molecule has 15 heavy (non-hydrogen) atoms. The van der Waals surface area contributed by atoms with Gasteiger partial charge in [-0.3, -0.25) is 4.79 Å². The van der Waals surface area contributed by atoms with Gasteiger partial charge >= 0.3 is 0 Å². The van der Waals surface area contributed by atoms with Crippen LogP contribution in [0.4, 0.5) is 0 Å². The van der Waals surface area contributed by atoms with Gasteiger partial charge in [-0.1, -0.05) is 12.8 Å². The molecule has 0 saturated heterocycles. The number of ether oxygens (including phenoxy) is 1. The van der Waals surface area contributed by atoms with E-state index in [4.69, 9.17) is 10.5 Å². The van der Waals surface area contributed by atoms with Crippen molar-refractivity contribution >= 4 is 18.3 Å². The Kier molecular flexibility index (Phi) is 8.76. The fraction of sp³-hybridized carbons (Fsp3) is 0.900. The fourth-order valence-electron chi connectivity index (χ4n) is 1.68. The SMILES string of the molecule is Cl.NCC(=O)NCCCOC1CCCC1. The normalized spacial score (nSPS) is 16.1. The summed E-state index contributed by atoms with van der Waals surface area (Å²) in [6, 6.07) is 0. The van der Waals surface area contributed by atoms with Crippen molar-refractivity contribution in [1.82, 2.24) is 5.32 Å². The molecule has 0 aliphatic heterocycles. The Balaban J connectivity index is 0.00000196. The van der Waals surface area contributed by atoms with Gasteiger partial charge in [0.25, 0.3) is 0 Å². The molecule has 0 unspecified atom stereocenters. The summed E-state index contributed by atoms with van der Waals surface area (Å²) in [5, 5.41) is 2.71. The predicted molar refractivity (Wildman–Crippen MR) is 62.1 cm³/mol. The summed E-state index contributed by atoms with van der Waals surface area (Å²) in [5.41, 5.74) is 5.14. The lowest BCUT2D eigenvalue weighted by atomic mass is 10.3. The van der Waals surface area contributed by atoms with Crippen molar-refractivity contribution in [1.29, 1.82) is 0 Å². The first-order valence-corrected chi connectivity index (χ1v) is 5.41. The quantitative estimate of drug-likeness (QED) is 0.672. The maximum atomic E-state index is 10.8. The summed E-state index contributed by atoms with van der Waals surface area (Å²) < 4.78 is 5.64. The smallest absolute Gasteiger partial charge is 0.233 e. The van der Waals surface area contributed by atoms with Crippen molar-refractivity contribution in [3.05, 3.63) is 0 Å². The Morgan fingerprint density at radius 2 is 2.07 bits per heavy atom. The van der Waals surface area contributed by atoms with Gasteiger partial charge in [-0.2, -0.15) is 0 Å². The van der Waals surface area contributed by atoms with Gasteiger partial charge < -0.3 is 15.8 Å². The Labute approximate surface area is 97.3 Å². The van der Waals surface area contributed by atoms with E-state index in [1.165, 1.54) is 25.7 Å². The largest absolute Gasteiger partial charge is 0.378 e. The third kappa shape index (κ3) is 6.71. The van der Waals surface area contributed by atoms with Crippen LogP contribution >= 0.6 is 12.4 Å². The molecule has 0 spiro atoms. The summed E-state index contributed by atoms with van der Waals surface area (Å²) in [4.78, 5) is 10.8. The van der Waals surface area contributed by atoms with E-state index >= 15 is 0 Å². The number of hydrogen-bond donors (Lipinski definition) is 2. The van der Waals surface area contributed by atoms with Crippen LogP contribution in [0.2, 0.25) is 0 Å². The maximum absolute atomic E-state index is 10.8. The molecule has 1 saturated carbocycles. The van der Waals surface area contributed by atoms with Crippen molar-refractivity contribution in [2.24, 2.45) is 5.73 Å². The Bertz CT molecular complexity index is 173. The minimum Gasteiger partial charge on any atom is -0.378 e. The number of halogens is 1. The van der Waals surface area contributed by atoms with Gasteiger partial charge in [-0.15, -0.1) is 12.4 Å². The number of carbonyl (C=O) groups is 1. The highest BCUT2D eigenvalue weighted by Gasteiger charge is 2.14. The average molecular weight is 237 g/mol. The third-order valence-corrected chi connectivity index (χ3v) is 2.48. The van der Waals surface area contributed by atoms with Gasteiger partial charge in [-0.05, 0) is 19.3 Å². The number of carbonyl (C=O) groups excluding carboxylic acids is 1. The Morgan fingerprint density at radius 1 is 1.40 bits per heavy atom.